The van der Waals surface area contributed by atoms with Crippen LogP contribution in [0.25, 0.3) is 5.76 Å². The largest absolute Gasteiger partial charge is 0.507 e. The highest BCUT2D eigenvalue weighted by atomic mass is 16.5. The van der Waals surface area contributed by atoms with Crippen LogP contribution in [-0.4, -0.2) is 73.1 Å². The minimum absolute atomic E-state index is 0.0148. The first-order valence-electron chi connectivity index (χ1n) is 10.6. The maximum atomic E-state index is 13.1. The molecule has 0 aliphatic carbocycles. The van der Waals surface area contributed by atoms with Gasteiger partial charge in [0, 0.05) is 12.1 Å². The fourth-order valence-corrected chi connectivity index (χ4v) is 4.07. The lowest BCUT2D eigenvalue weighted by Gasteiger charge is -2.26. The van der Waals surface area contributed by atoms with Crippen LogP contribution in [0.15, 0.2) is 42.0 Å². The van der Waals surface area contributed by atoms with Gasteiger partial charge in [0.05, 0.1) is 25.8 Å². The average Bonchev–Trinajstić information content (AvgIpc) is 3.03. The number of ether oxygens (including phenoxy) is 2. The number of aromatic hydroxyl groups is 1. The number of aryl methyl sites for hydroxylation is 1. The first kappa shape index (κ1) is 24.1. The number of phenolic OH excluding ortho intramolecular Hbond substituents is 1. The van der Waals surface area contributed by atoms with E-state index in [4.69, 9.17) is 9.47 Å². The topological polar surface area (TPSA) is 99.5 Å². The molecule has 3 rings (SSSR count). The Balaban J connectivity index is 2.14. The molecule has 0 saturated carbocycles. The van der Waals surface area contributed by atoms with E-state index >= 15 is 0 Å². The second-order valence-electron chi connectivity index (χ2n) is 8.27. The zero-order chi connectivity index (χ0) is 24.3. The molecule has 0 spiro atoms. The monoisotopic (exact) mass is 454 g/mol. The number of aliphatic hydroxyl groups is 1. The molecule has 0 bridgehead atoms. The molecular weight excluding hydrogens is 424 g/mol. The van der Waals surface area contributed by atoms with E-state index < -0.39 is 17.7 Å². The molecule has 0 aromatic heterocycles. The number of benzene rings is 2. The van der Waals surface area contributed by atoms with E-state index in [1.807, 2.05) is 25.9 Å². The Morgan fingerprint density at radius 3 is 2.30 bits per heavy atom. The van der Waals surface area contributed by atoms with E-state index in [0.29, 0.717) is 29.8 Å². The van der Waals surface area contributed by atoms with Crippen LogP contribution < -0.4 is 9.47 Å². The number of hydrogen-bond acceptors (Lipinski definition) is 7. The molecule has 1 unspecified atom stereocenters. The number of ketones is 1. The molecule has 8 nitrogen and oxygen atoms in total. The van der Waals surface area contributed by atoms with Crippen LogP contribution in [0, 0.1) is 6.92 Å². The predicted octanol–water partition coefficient (Wildman–Crippen LogP) is 3.09. The SMILES string of the molecule is COc1ccc(/C(O)=C2/C(=O)C(=O)N(CCCN(C)C)C2c2ccc(OC)c(O)c2)cc1C. The molecule has 1 fully saturated rings. The van der Waals surface area contributed by atoms with Gasteiger partial charge in [-0.05, 0) is 75.4 Å². The van der Waals surface area contributed by atoms with Gasteiger partial charge in [-0.2, -0.15) is 0 Å². The molecule has 33 heavy (non-hydrogen) atoms. The highest BCUT2D eigenvalue weighted by molar-refractivity contribution is 6.46. The van der Waals surface area contributed by atoms with E-state index in [1.165, 1.54) is 18.1 Å². The van der Waals surface area contributed by atoms with Crippen LogP contribution in [-0.2, 0) is 9.59 Å². The number of rotatable bonds is 8. The number of Topliss-reactive ketones (excluding diaryl/α,β-unsaturated/α-hetero) is 1. The summed E-state index contributed by atoms with van der Waals surface area (Å²) in [6.45, 7) is 2.87. The summed E-state index contributed by atoms with van der Waals surface area (Å²) in [5.41, 5.74) is 1.67. The third-order valence-corrected chi connectivity index (χ3v) is 5.73. The number of hydrogen-bond donors (Lipinski definition) is 2. The number of amides is 1. The van der Waals surface area contributed by atoms with Crippen molar-refractivity contribution in [2.24, 2.45) is 0 Å². The molecule has 2 aromatic carbocycles. The molecule has 2 aromatic rings. The highest BCUT2D eigenvalue weighted by Gasteiger charge is 2.46. The lowest BCUT2D eigenvalue weighted by Crippen LogP contribution is -2.32. The summed E-state index contributed by atoms with van der Waals surface area (Å²) in [5, 5.41) is 21.5. The zero-order valence-corrected chi connectivity index (χ0v) is 19.6. The van der Waals surface area contributed by atoms with E-state index in [0.717, 1.165) is 12.1 Å². The molecule has 8 heteroatoms. The Hall–Kier alpha value is -3.52. The van der Waals surface area contributed by atoms with Gasteiger partial charge in [-0.25, -0.2) is 0 Å². The number of carbonyl (C=O) groups is 2. The number of methoxy groups -OCH3 is 2. The minimum atomic E-state index is -0.841. The first-order valence-corrected chi connectivity index (χ1v) is 10.6. The summed E-state index contributed by atoms with van der Waals surface area (Å²) in [7, 11) is 6.85. The van der Waals surface area contributed by atoms with Crippen LogP contribution >= 0.6 is 0 Å². The van der Waals surface area contributed by atoms with Crippen molar-refractivity contribution in [3.05, 3.63) is 58.7 Å². The van der Waals surface area contributed by atoms with E-state index in [2.05, 4.69) is 0 Å². The molecule has 176 valence electrons. The molecule has 1 heterocycles. The summed E-state index contributed by atoms with van der Waals surface area (Å²) < 4.78 is 10.4. The van der Waals surface area contributed by atoms with Crippen molar-refractivity contribution in [2.45, 2.75) is 19.4 Å². The standard InChI is InChI=1S/C25H30N2O6/c1-15-13-17(8-9-19(15)32-4)23(29)21-22(16-7-10-20(33-5)18(28)14-16)27(25(31)24(21)30)12-6-11-26(2)3/h7-10,13-14,22,28-29H,6,11-12H2,1-5H3/b23-21-. The van der Waals surface area contributed by atoms with Crippen LogP contribution in [0.2, 0.25) is 0 Å². The number of likely N-dealkylation sites (tertiary alicyclic amines) is 1. The Bertz CT molecular complexity index is 1090. The summed E-state index contributed by atoms with van der Waals surface area (Å²) in [4.78, 5) is 29.5. The van der Waals surface area contributed by atoms with Crippen molar-refractivity contribution in [1.29, 1.82) is 0 Å². The van der Waals surface area contributed by atoms with Gasteiger partial charge in [0.1, 0.15) is 11.5 Å². The number of phenols is 1. The fraction of sp³-hybridized carbons (Fsp3) is 0.360. The van der Waals surface area contributed by atoms with Crippen molar-refractivity contribution in [1.82, 2.24) is 9.80 Å². The highest BCUT2D eigenvalue weighted by Crippen LogP contribution is 2.42. The van der Waals surface area contributed by atoms with Crippen molar-refractivity contribution >= 4 is 17.4 Å². The number of nitrogens with zero attached hydrogens (tertiary/aromatic N) is 2. The minimum Gasteiger partial charge on any atom is -0.507 e. The van der Waals surface area contributed by atoms with E-state index in [1.54, 1.807) is 37.4 Å². The van der Waals surface area contributed by atoms with Gasteiger partial charge in [0.25, 0.3) is 11.7 Å². The van der Waals surface area contributed by atoms with Crippen molar-refractivity contribution < 1.29 is 29.3 Å². The average molecular weight is 455 g/mol. The third-order valence-electron chi connectivity index (χ3n) is 5.73. The fourth-order valence-electron chi connectivity index (χ4n) is 4.07. The predicted molar refractivity (Wildman–Crippen MR) is 125 cm³/mol. The normalized spacial score (nSPS) is 17.6. The van der Waals surface area contributed by atoms with Gasteiger partial charge in [0.2, 0.25) is 0 Å². The van der Waals surface area contributed by atoms with Crippen LogP contribution in [0.1, 0.15) is 29.2 Å². The van der Waals surface area contributed by atoms with Crippen LogP contribution in [0.3, 0.4) is 0 Å². The van der Waals surface area contributed by atoms with Crippen molar-refractivity contribution in [3.8, 4) is 17.2 Å². The van der Waals surface area contributed by atoms with Gasteiger partial charge in [0.15, 0.2) is 11.5 Å². The molecule has 0 radical (unpaired) electrons. The second-order valence-corrected chi connectivity index (χ2v) is 8.27. The molecule has 2 N–H and O–H groups in total. The lowest BCUT2D eigenvalue weighted by molar-refractivity contribution is -0.139. The van der Waals surface area contributed by atoms with Gasteiger partial charge in [-0.1, -0.05) is 6.07 Å². The van der Waals surface area contributed by atoms with E-state index in [9.17, 15) is 19.8 Å². The molecule has 1 atom stereocenters. The summed E-state index contributed by atoms with van der Waals surface area (Å²) >= 11 is 0. The molecule has 1 amide bonds. The third kappa shape index (κ3) is 4.80. The molecule has 1 aliphatic rings. The quantitative estimate of drug-likeness (QED) is 0.359. The Kier molecular flexibility index (Phi) is 7.28. The van der Waals surface area contributed by atoms with Gasteiger partial charge < -0.3 is 29.5 Å². The maximum Gasteiger partial charge on any atom is 0.295 e. The zero-order valence-electron chi connectivity index (χ0n) is 19.6. The Morgan fingerprint density at radius 1 is 1.06 bits per heavy atom. The van der Waals surface area contributed by atoms with Crippen LogP contribution in [0.4, 0.5) is 0 Å². The summed E-state index contributed by atoms with van der Waals surface area (Å²) in [5.74, 6) is -0.905. The van der Waals surface area contributed by atoms with Gasteiger partial charge >= 0.3 is 0 Å². The number of carbonyl (C=O) groups excluding carboxylic acids is 2. The lowest BCUT2D eigenvalue weighted by atomic mass is 9.94. The molecule has 1 aliphatic heterocycles. The van der Waals surface area contributed by atoms with Crippen molar-refractivity contribution in [2.75, 3.05) is 41.4 Å². The summed E-state index contributed by atoms with van der Waals surface area (Å²) in [6.07, 6.45) is 0.639. The Morgan fingerprint density at radius 2 is 1.73 bits per heavy atom. The van der Waals surface area contributed by atoms with E-state index in [-0.39, 0.29) is 22.8 Å². The number of aliphatic hydroxyl groups excluding tert-OH is 1. The van der Waals surface area contributed by atoms with Gasteiger partial charge in [-0.3, -0.25) is 9.59 Å². The van der Waals surface area contributed by atoms with Crippen LogP contribution in [0.5, 0.6) is 17.2 Å². The smallest absolute Gasteiger partial charge is 0.295 e. The molecular formula is C25H30N2O6. The van der Waals surface area contributed by atoms with Gasteiger partial charge in [-0.15, -0.1) is 0 Å². The van der Waals surface area contributed by atoms with Crippen molar-refractivity contribution in [3.63, 3.8) is 0 Å². The first-order chi connectivity index (χ1) is 15.7. The Labute approximate surface area is 193 Å². The maximum absolute atomic E-state index is 13.1. The second kappa shape index (κ2) is 9.95. The molecule has 1 saturated heterocycles. The summed E-state index contributed by atoms with van der Waals surface area (Å²) in [6, 6.07) is 8.92.